The van der Waals surface area contributed by atoms with Crippen molar-refractivity contribution < 1.29 is 49.3 Å². The molecule has 0 bridgehead atoms. The highest BCUT2D eigenvalue weighted by Gasteiger charge is 2.45. The van der Waals surface area contributed by atoms with Crippen molar-refractivity contribution >= 4 is 11.0 Å². The molecule has 4 atom stereocenters. The quantitative estimate of drug-likeness (QED) is 0.324. The van der Waals surface area contributed by atoms with Crippen LogP contribution in [0.3, 0.4) is 0 Å². The van der Waals surface area contributed by atoms with Crippen molar-refractivity contribution in [3.8, 4) is 40.1 Å². The van der Waals surface area contributed by atoms with Gasteiger partial charge in [0, 0.05) is 18.2 Å². The van der Waals surface area contributed by atoms with Crippen LogP contribution in [-0.2, 0) is 4.74 Å². The van der Waals surface area contributed by atoms with E-state index in [1.165, 1.54) is 37.4 Å². The molecule has 2 aromatic carbocycles. The molecule has 1 aliphatic heterocycles. The molecule has 0 saturated carbocycles. The lowest BCUT2D eigenvalue weighted by atomic mass is 10.1. The summed E-state index contributed by atoms with van der Waals surface area (Å²) < 4.78 is 22.1. The van der Waals surface area contributed by atoms with Gasteiger partial charge in [-0.15, -0.1) is 0 Å². The number of aliphatic hydroxyl groups is 3. The Morgan fingerprint density at radius 2 is 1.74 bits per heavy atom. The van der Waals surface area contributed by atoms with Crippen molar-refractivity contribution in [2.75, 3.05) is 13.7 Å². The van der Waals surface area contributed by atoms with Crippen LogP contribution in [0.2, 0.25) is 0 Å². The number of rotatable bonds is 5. The molecule has 0 spiro atoms. The molecule has 1 fully saturated rings. The maximum Gasteiger partial charge on any atom is 0.402 e. The fourth-order valence-electron chi connectivity index (χ4n) is 3.38. The number of hydrogen-bond acceptors (Lipinski definition) is 9. The fraction of sp³-hybridized carbons (Fsp3) is 0.286. The van der Waals surface area contributed by atoms with Gasteiger partial charge in [0.05, 0.1) is 25.3 Å². The molecule has 4 rings (SSSR count). The van der Waals surface area contributed by atoms with Crippen molar-refractivity contribution in [1.82, 2.24) is 0 Å². The summed E-state index contributed by atoms with van der Waals surface area (Å²) in [5.41, 5.74) is 0.536. The highest BCUT2D eigenvalue weighted by molar-refractivity contribution is 5.88. The first-order valence-corrected chi connectivity index (χ1v) is 9.31. The first kappa shape index (κ1) is 20.9. The van der Waals surface area contributed by atoms with Crippen molar-refractivity contribution in [3.63, 3.8) is 0 Å². The minimum absolute atomic E-state index is 0.0241. The smallest absolute Gasteiger partial charge is 0.402 e. The lowest BCUT2D eigenvalue weighted by Gasteiger charge is -2.16. The van der Waals surface area contributed by atoms with E-state index in [0.29, 0.717) is 5.56 Å². The lowest BCUT2D eigenvalue weighted by molar-refractivity contribution is -0.116. The molecule has 164 valence electrons. The third-order valence-corrected chi connectivity index (χ3v) is 5.00. The van der Waals surface area contributed by atoms with E-state index in [2.05, 4.69) is 0 Å². The average molecular weight is 433 g/mol. The van der Waals surface area contributed by atoms with Crippen molar-refractivity contribution in [2.45, 2.75) is 24.6 Å². The summed E-state index contributed by atoms with van der Waals surface area (Å²) in [4.78, 5) is 0. The summed E-state index contributed by atoms with van der Waals surface area (Å²) in [6.07, 6.45) is -5.20. The Morgan fingerprint density at radius 3 is 2.42 bits per heavy atom. The fourth-order valence-corrected chi connectivity index (χ4v) is 3.38. The Hall–Kier alpha value is -3.31. The molecule has 1 saturated heterocycles. The minimum Gasteiger partial charge on any atom is -0.507 e. The second kappa shape index (κ2) is 8.08. The Bertz CT molecular complexity index is 1120. The van der Waals surface area contributed by atoms with E-state index in [-0.39, 0.29) is 45.5 Å². The predicted molar refractivity (Wildman–Crippen MR) is 106 cm³/mol. The van der Waals surface area contributed by atoms with E-state index in [4.69, 9.17) is 18.6 Å². The summed E-state index contributed by atoms with van der Waals surface area (Å²) in [5, 5.41) is 59.6. The predicted octanol–water partition coefficient (Wildman–Crippen LogP) is 1.32. The van der Waals surface area contributed by atoms with Crippen LogP contribution in [-0.4, -0.2) is 69.0 Å². The summed E-state index contributed by atoms with van der Waals surface area (Å²) in [5.74, 6) is -0.317. The number of methoxy groups -OCH3 is 1. The maximum absolute atomic E-state index is 10.2. The van der Waals surface area contributed by atoms with Crippen LogP contribution >= 0.6 is 0 Å². The molecule has 6 N–H and O–H groups in total. The highest BCUT2D eigenvalue weighted by Crippen LogP contribution is 2.42. The second-order valence-electron chi connectivity index (χ2n) is 7.03. The van der Waals surface area contributed by atoms with Gasteiger partial charge in [-0.1, -0.05) is 0 Å². The van der Waals surface area contributed by atoms with Gasteiger partial charge in [0.1, 0.15) is 35.2 Å². The molecule has 0 unspecified atom stereocenters. The van der Waals surface area contributed by atoms with Gasteiger partial charge in [0.25, 0.3) is 0 Å². The van der Waals surface area contributed by atoms with Crippen LogP contribution in [0.25, 0.3) is 22.3 Å². The molecule has 1 aliphatic rings. The Kier molecular flexibility index (Phi) is 5.46. The molecular weight excluding hydrogens is 412 g/mol. The maximum atomic E-state index is 10.2. The normalized spacial score (nSPS) is 23.2. The number of aromatic hydroxyl groups is 3. The Morgan fingerprint density at radius 1 is 0.968 bits per heavy atom. The van der Waals surface area contributed by atoms with Gasteiger partial charge in [0.15, 0.2) is 11.5 Å². The van der Waals surface area contributed by atoms with Crippen LogP contribution < -0.4 is 9.47 Å². The molecule has 10 nitrogen and oxygen atoms in total. The molecule has 1 aromatic heterocycles. The number of ether oxygens (including phenoxy) is 3. The summed E-state index contributed by atoms with van der Waals surface area (Å²) in [7, 11) is 1.38. The van der Waals surface area contributed by atoms with Crippen LogP contribution in [0.15, 0.2) is 40.8 Å². The monoisotopic (exact) mass is 433 g/mol. The minimum atomic E-state index is -1.46. The number of benzene rings is 2. The van der Waals surface area contributed by atoms with Crippen LogP contribution in [0.5, 0.6) is 28.7 Å². The molecule has 2 heterocycles. The van der Waals surface area contributed by atoms with Gasteiger partial charge in [-0.05, 0) is 12.1 Å². The van der Waals surface area contributed by atoms with Gasteiger partial charge in [-0.2, -0.15) is 0 Å². The zero-order valence-electron chi connectivity index (χ0n) is 16.3. The number of phenols is 3. The number of aliphatic hydroxyl groups excluding tert-OH is 3. The van der Waals surface area contributed by atoms with E-state index in [0.717, 1.165) is 6.07 Å². The van der Waals surface area contributed by atoms with Crippen molar-refractivity contribution in [3.05, 3.63) is 36.4 Å². The lowest BCUT2D eigenvalue weighted by Crippen LogP contribution is -2.35. The van der Waals surface area contributed by atoms with Crippen LogP contribution in [0.4, 0.5) is 0 Å². The van der Waals surface area contributed by atoms with Gasteiger partial charge in [-0.3, -0.25) is 0 Å². The van der Waals surface area contributed by atoms with Crippen molar-refractivity contribution in [1.29, 1.82) is 0 Å². The Balaban J connectivity index is 1.85. The van der Waals surface area contributed by atoms with E-state index >= 15 is 0 Å². The molecule has 0 radical (unpaired) electrons. The molecule has 0 amide bonds. The molecule has 0 aliphatic carbocycles. The molecular formula is C21H21O10+. The third kappa shape index (κ3) is 3.77. The number of fused-ring (bicyclic) bond motifs is 1. The van der Waals surface area contributed by atoms with E-state index in [1.807, 2.05) is 0 Å². The average Bonchev–Trinajstić information content (AvgIpc) is 3.02. The number of phenolic OH excluding ortho intramolecular Hbond substituents is 3. The Labute approximate surface area is 175 Å². The van der Waals surface area contributed by atoms with Crippen LogP contribution in [0, 0.1) is 0 Å². The summed E-state index contributed by atoms with van der Waals surface area (Å²) >= 11 is 0. The summed E-state index contributed by atoms with van der Waals surface area (Å²) in [6.45, 7) is -0.526. The van der Waals surface area contributed by atoms with E-state index in [1.54, 1.807) is 0 Å². The standard InChI is InChI=1S/C21H20O10/c1-28-15-4-9(2-3-12(15)24)20-16(30-21-19(27)18(26)17(8-22)31-21)7-11-13(25)5-10(23)6-14(11)29-20/h2-7,17-19,21-22,26-27H,8H2,1H3,(H2-,23,24,25)/p+1/t17-,18+,19-,21-/m1/s1. The third-order valence-electron chi connectivity index (χ3n) is 5.00. The van der Waals surface area contributed by atoms with E-state index in [9.17, 15) is 30.6 Å². The van der Waals surface area contributed by atoms with Gasteiger partial charge in [0.2, 0.25) is 12.0 Å². The largest absolute Gasteiger partial charge is 0.507 e. The van der Waals surface area contributed by atoms with E-state index < -0.39 is 31.2 Å². The zero-order chi connectivity index (χ0) is 22.3. The topological polar surface area (TPSA) is 160 Å². The van der Waals surface area contributed by atoms with Gasteiger partial charge >= 0.3 is 11.3 Å². The molecule has 31 heavy (non-hydrogen) atoms. The zero-order valence-corrected chi connectivity index (χ0v) is 16.3. The SMILES string of the molecule is COc1cc(-c2[o+]c3cc(O)cc(O)c3cc2O[C@@H]2O[C@H](CO)[C@H](O)[C@H]2O)ccc1O. The molecule has 3 aromatic rings. The van der Waals surface area contributed by atoms with Gasteiger partial charge in [-0.25, -0.2) is 4.42 Å². The van der Waals surface area contributed by atoms with Crippen molar-refractivity contribution in [2.24, 2.45) is 0 Å². The van der Waals surface area contributed by atoms with Crippen LogP contribution in [0.1, 0.15) is 0 Å². The highest BCUT2D eigenvalue weighted by atomic mass is 16.7. The first-order chi connectivity index (χ1) is 14.8. The molecule has 10 heteroatoms. The second-order valence-corrected chi connectivity index (χ2v) is 7.03. The summed E-state index contributed by atoms with van der Waals surface area (Å²) in [6, 6.07) is 8.22. The van der Waals surface area contributed by atoms with Gasteiger partial charge < -0.3 is 44.8 Å². The number of hydrogen-bond donors (Lipinski definition) is 6. The first-order valence-electron chi connectivity index (χ1n) is 9.31.